The smallest absolute Gasteiger partial charge is 0.194 e. The molecular formula is C19H29IN6S. The van der Waals surface area contributed by atoms with E-state index in [4.69, 9.17) is 4.99 Å². The fourth-order valence-electron chi connectivity index (χ4n) is 3.02. The van der Waals surface area contributed by atoms with Crippen molar-refractivity contribution in [3.05, 3.63) is 42.1 Å². The molecule has 0 saturated carbocycles. The molecule has 1 aliphatic heterocycles. The first-order chi connectivity index (χ1) is 12.7. The van der Waals surface area contributed by atoms with Gasteiger partial charge in [0.2, 0.25) is 0 Å². The normalized spacial score (nSPS) is 17.5. The van der Waals surface area contributed by atoms with E-state index in [1.807, 2.05) is 30.0 Å². The molecule has 1 fully saturated rings. The minimum atomic E-state index is 0. The quantitative estimate of drug-likeness (QED) is 0.387. The molecule has 0 aliphatic carbocycles. The molecule has 1 atom stereocenters. The Hall–Kier alpha value is -1.29. The summed E-state index contributed by atoms with van der Waals surface area (Å²) < 4.78 is 1.98. The number of aromatic nitrogens is 3. The molecular weight excluding hydrogens is 471 g/mol. The molecule has 27 heavy (non-hydrogen) atoms. The number of aryl methyl sites for hydroxylation is 1. The van der Waals surface area contributed by atoms with Gasteiger partial charge in [0.05, 0.1) is 6.54 Å². The van der Waals surface area contributed by atoms with Crippen LogP contribution in [-0.4, -0.2) is 56.0 Å². The number of nitrogens with one attached hydrogen (secondary N) is 1. The summed E-state index contributed by atoms with van der Waals surface area (Å²) in [6.07, 6.45) is 6.83. The fraction of sp³-hybridized carbons (Fsp3) is 0.526. The average molecular weight is 500 g/mol. The number of pyridine rings is 1. The molecule has 0 spiro atoms. The van der Waals surface area contributed by atoms with Crippen LogP contribution in [0.4, 0.5) is 0 Å². The maximum absolute atomic E-state index is 4.85. The van der Waals surface area contributed by atoms with E-state index in [1.54, 1.807) is 6.20 Å². The minimum Gasteiger partial charge on any atom is -0.357 e. The molecule has 1 saturated heterocycles. The van der Waals surface area contributed by atoms with E-state index in [9.17, 15) is 0 Å². The van der Waals surface area contributed by atoms with Crippen molar-refractivity contribution in [3.8, 4) is 5.82 Å². The van der Waals surface area contributed by atoms with E-state index >= 15 is 0 Å². The summed E-state index contributed by atoms with van der Waals surface area (Å²) in [6.45, 7) is 10.0. The molecule has 148 valence electrons. The van der Waals surface area contributed by atoms with Crippen LogP contribution in [-0.2, 0) is 6.54 Å². The van der Waals surface area contributed by atoms with Crippen molar-refractivity contribution in [3.63, 3.8) is 0 Å². The molecule has 1 aliphatic rings. The van der Waals surface area contributed by atoms with Gasteiger partial charge in [0.25, 0.3) is 0 Å². The molecule has 2 aromatic heterocycles. The third kappa shape index (κ3) is 5.84. The molecule has 1 unspecified atom stereocenters. The maximum atomic E-state index is 4.85. The molecule has 0 radical (unpaired) electrons. The monoisotopic (exact) mass is 500 g/mol. The summed E-state index contributed by atoms with van der Waals surface area (Å²) in [5.74, 6) is 4.01. The van der Waals surface area contributed by atoms with Gasteiger partial charge < -0.3 is 10.2 Å². The Bertz CT molecular complexity index is 730. The van der Waals surface area contributed by atoms with Gasteiger partial charge in [0, 0.05) is 49.2 Å². The van der Waals surface area contributed by atoms with Gasteiger partial charge in [-0.05, 0) is 31.9 Å². The van der Waals surface area contributed by atoms with Gasteiger partial charge in [-0.25, -0.2) is 15.0 Å². The first kappa shape index (κ1) is 22.0. The molecule has 0 bridgehead atoms. The highest BCUT2D eigenvalue weighted by Gasteiger charge is 2.21. The predicted octanol–water partition coefficient (Wildman–Crippen LogP) is 3.49. The van der Waals surface area contributed by atoms with E-state index in [0.717, 1.165) is 42.8 Å². The largest absolute Gasteiger partial charge is 0.357 e. The van der Waals surface area contributed by atoms with Crippen molar-refractivity contribution < 1.29 is 0 Å². The summed E-state index contributed by atoms with van der Waals surface area (Å²) in [5.41, 5.74) is 1.11. The SMILES string of the molecule is CCNC(=NCc1ccc(-n2ccnc2C)nc1)N1CCSC(CC)C1.I. The number of hydrogen-bond donors (Lipinski definition) is 1. The van der Waals surface area contributed by atoms with Crippen LogP contribution < -0.4 is 5.32 Å². The van der Waals surface area contributed by atoms with Crippen molar-refractivity contribution in [2.75, 3.05) is 25.4 Å². The zero-order valence-corrected chi connectivity index (χ0v) is 19.4. The van der Waals surface area contributed by atoms with E-state index in [2.05, 4.69) is 51.9 Å². The highest BCUT2D eigenvalue weighted by atomic mass is 127. The average Bonchev–Trinajstić information content (AvgIpc) is 3.11. The van der Waals surface area contributed by atoms with Crippen LogP contribution in [0.5, 0.6) is 0 Å². The molecule has 1 N–H and O–H groups in total. The zero-order chi connectivity index (χ0) is 18.4. The third-order valence-corrected chi connectivity index (χ3v) is 5.89. The van der Waals surface area contributed by atoms with E-state index < -0.39 is 0 Å². The van der Waals surface area contributed by atoms with Crippen molar-refractivity contribution in [2.24, 2.45) is 4.99 Å². The zero-order valence-electron chi connectivity index (χ0n) is 16.3. The summed E-state index contributed by atoms with van der Waals surface area (Å²) >= 11 is 2.08. The van der Waals surface area contributed by atoms with Gasteiger partial charge in [0.15, 0.2) is 5.96 Å². The van der Waals surface area contributed by atoms with Crippen LogP contribution in [0.25, 0.3) is 5.82 Å². The molecule has 3 heterocycles. The second kappa shape index (κ2) is 10.9. The Morgan fingerprint density at radius 2 is 2.19 bits per heavy atom. The lowest BCUT2D eigenvalue weighted by Crippen LogP contribution is -2.48. The van der Waals surface area contributed by atoms with E-state index in [1.165, 1.54) is 12.2 Å². The molecule has 6 nitrogen and oxygen atoms in total. The fourth-order valence-corrected chi connectivity index (χ4v) is 4.20. The van der Waals surface area contributed by atoms with Gasteiger partial charge in [-0.2, -0.15) is 11.8 Å². The van der Waals surface area contributed by atoms with Gasteiger partial charge in [-0.15, -0.1) is 24.0 Å². The Labute approximate surface area is 183 Å². The number of halogens is 1. The maximum Gasteiger partial charge on any atom is 0.194 e. The first-order valence-corrected chi connectivity index (χ1v) is 10.4. The summed E-state index contributed by atoms with van der Waals surface area (Å²) in [4.78, 5) is 16.0. The number of rotatable bonds is 5. The van der Waals surface area contributed by atoms with Gasteiger partial charge in [0.1, 0.15) is 11.6 Å². The van der Waals surface area contributed by atoms with E-state index in [-0.39, 0.29) is 24.0 Å². The van der Waals surface area contributed by atoms with Crippen LogP contribution in [0.2, 0.25) is 0 Å². The molecule has 2 aromatic rings. The number of guanidine groups is 1. The number of hydrogen-bond acceptors (Lipinski definition) is 4. The molecule has 8 heteroatoms. The Balaban J connectivity index is 0.00000261. The van der Waals surface area contributed by atoms with Crippen LogP contribution >= 0.6 is 35.7 Å². The van der Waals surface area contributed by atoms with Crippen molar-refractivity contribution in [1.82, 2.24) is 24.8 Å². The first-order valence-electron chi connectivity index (χ1n) is 9.31. The van der Waals surface area contributed by atoms with Crippen LogP contribution in [0.15, 0.2) is 35.7 Å². The Morgan fingerprint density at radius 3 is 2.81 bits per heavy atom. The Morgan fingerprint density at radius 1 is 1.33 bits per heavy atom. The highest BCUT2D eigenvalue weighted by molar-refractivity contribution is 14.0. The number of imidazole rings is 1. The summed E-state index contributed by atoms with van der Waals surface area (Å²) in [6, 6.07) is 4.12. The standard InChI is InChI=1S/C19H28N6S.HI/c1-4-17-14-24(10-11-26-17)19(20-5-2)23-13-16-6-7-18(22-12-16)25-9-8-21-15(25)3;/h6-9,12,17H,4-5,10-11,13-14H2,1-3H3,(H,20,23);1H. The van der Waals surface area contributed by atoms with Crippen molar-refractivity contribution >= 4 is 41.7 Å². The molecule has 0 aromatic carbocycles. The lowest BCUT2D eigenvalue weighted by Gasteiger charge is -2.34. The van der Waals surface area contributed by atoms with Crippen molar-refractivity contribution in [2.45, 2.75) is 39.0 Å². The topological polar surface area (TPSA) is 58.3 Å². The number of thioether (sulfide) groups is 1. The van der Waals surface area contributed by atoms with Crippen molar-refractivity contribution in [1.29, 1.82) is 0 Å². The van der Waals surface area contributed by atoms with E-state index in [0.29, 0.717) is 11.8 Å². The Kier molecular flexibility index (Phi) is 8.88. The summed E-state index contributed by atoms with van der Waals surface area (Å²) in [7, 11) is 0. The van der Waals surface area contributed by atoms with Crippen LogP contribution in [0, 0.1) is 6.92 Å². The van der Waals surface area contributed by atoms with Crippen LogP contribution in [0.3, 0.4) is 0 Å². The minimum absolute atomic E-state index is 0. The van der Waals surface area contributed by atoms with Gasteiger partial charge in [-0.1, -0.05) is 13.0 Å². The second-order valence-electron chi connectivity index (χ2n) is 6.39. The van der Waals surface area contributed by atoms with Gasteiger partial charge >= 0.3 is 0 Å². The predicted molar refractivity (Wildman–Crippen MR) is 124 cm³/mol. The number of nitrogens with zero attached hydrogens (tertiary/aromatic N) is 5. The molecule has 3 rings (SSSR count). The molecule has 0 amide bonds. The lowest BCUT2D eigenvalue weighted by molar-refractivity contribution is 0.408. The van der Waals surface area contributed by atoms with Gasteiger partial charge in [-0.3, -0.25) is 4.57 Å². The highest BCUT2D eigenvalue weighted by Crippen LogP contribution is 2.21. The summed E-state index contributed by atoms with van der Waals surface area (Å²) in [5, 5.41) is 4.14. The third-order valence-electron chi connectivity index (χ3n) is 4.52. The lowest BCUT2D eigenvalue weighted by atomic mass is 10.3. The van der Waals surface area contributed by atoms with Crippen LogP contribution in [0.1, 0.15) is 31.7 Å². The number of aliphatic imine (C=N–C) groups is 1. The second-order valence-corrected chi connectivity index (χ2v) is 7.79.